The maximum atomic E-state index is 12.9. The second-order valence-corrected chi connectivity index (χ2v) is 10.7. The van der Waals surface area contributed by atoms with Gasteiger partial charge >= 0.3 is 0 Å². The molecular formula is C21H27N5O3S. The molecule has 160 valence electrons. The minimum atomic E-state index is -3.75. The molecule has 3 unspecified atom stereocenters. The molecule has 0 radical (unpaired) electrons. The van der Waals surface area contributed by atoms with Crippen molar-refractivity contribution in [3.8, 4) is 0 Å². The predicted molar refractivity (Wildman–Crippen MR) is 114 cm³/mol. The number of aromatic nitrogens is 2. The van der Waals surface area contributed by atoms with Crippen molar-refractivity contribution in [2.24, 2.45) is 21.9 Å². The number of rotatable bonds is 5. The number of carbonyl (C=O) groups excluding carboxylic acids is 1. The summed E-state index contributed by atoms with van der Waals surface area (Å²) in [7, 11) is -3.75. The predicted octanol–water partition coefficient (Wildman–Crippen LogP) is 2.81. The lowest BCUT2D eigenvalue weighted by molar-refractivity contribution is 0.0821. The monoisotopic (exact) mass is 429 g/mol. The van der Waals surface area contributed by atoms with Gasteiger partial charge in [0, 0.05) is 17.9 Å². The van der Waals surface area contributed by atoms with Crippen LogP contribution in [0, 0.1) is 16.7 Å². The number of fused-ring (bicyclic) bond motifs is 2. The van der Waals surface area contributed by atoms with E-state index in [0.29, 0.717) is 11.6 Å². The Labute approximate surface area is 176 Å². The molecule has 2 saturated carbocycles. The normalized spacial score (nSPS) is 27.1. The van der Waals surface area contributed by atoms with Gasteiger partial charge in [-0.05, 0) is 66.3 Å². The standard InChI is InChI=1S/C21H27N5O3S/c1-20(2)13-8-10-21(20,3)17(12-13)26-18(27)16-9-11-23-19(25-16)24-14-4-6-15(7-5-14)30(22,28)29/h4-7,9,11,13,17H,8,10,12H2,1-3H3,(H,26,27)(H2,22,28,29)(H,23,24,25). The van der Waals surface area contributed by atoms with Gasteiger partial charge in [0.1, 0.15) is 5.69 Å². The van der Waals surface area contributed by atoms with Gasteiger partial charge in [-0.1, -0.05) is 20.8 Å². The Hall–Kier alpha value is -2.52. The Balaban J connectivity index is 1.47. The van der Waals surface area contributed by atoms with E-state index in [9.17, 15) is 13.2 Å². The molecule has 0 aliphatic heterocycles. The maximum absolute atomic E-state index is 12.9. The number of amides is 1. The summed E-state index contributed by atoms with van der Waals surface area (Å²) in [6.07, 6.45) is 4.87. The molecule has 2 aliphatic rings. The number of hydrogen-bond acceptors (Lipinski definition) is 6. The van der Waals surface area contributed by atoms with E-state index in [2.05, 4.69) is 41.4 Å². The Bertz CT molecular complexity index is 1080. The fourth-order valence-corrected chi connectivity index (χ4v) is 5.57. The van der Waals surface area contributed by atoms with Crippen LogP contribution in [0.25, 0.3) is 0 Å². The molecule has 2 aliphatic carbocycles. The minimum absolute atomic E-state index is 0.0179. The Morgan fingerprint density at radius 2 is 1.87 bits per heavy atom. The average molecular weight is 430 g/mol. The summed E-state index contributed by atoms with van der Waals surface area (Å²) in [5.74, 6) is 0.681. The van der Waals surface area contributed by atoms with Crippen LogP contribution >= 0.6 is 0 Å². The molecule has 2 aromatic rings. The van der Waals surface area contributed by atoms with E-state index < -0.39 is 10.0 Å². The smallest absolute Gasteiger partial charge is 0.270 e. The number of nitrogens with one attached hydrogen (secondary N) is 2. The van der Waals surface area contributed by atoms with Crippen LogP contribution in [-0.4, -0.2) is 30.3 Å². The van der Waals surface area contributed by atoms with Gasteiger partial charge in [-0.2, -0.15) is 0 Å². The van der Waals surface area contributed by atoms with Crippen molar-refractivity contribution in [3.63, 3.8) is 0 Å². The molecule has 2 bridgehead atoms. The number of nitrogens with zero attached hydrogens (tertiary/aromatic N) is 2. The van der Waals surface area contributed by atoms with Crippen LogP contribution in [0.4, 0.5) is 11.6 Å². The zero-order valence-corrected chi connectivity index (χ0v) is 18.2. The van der Waals surface area contributed by atoms with Crippen LogP contribution in [0.3, 0.4) is 0 Å². The number of anilines is 2. The summed E-state index contributed by atoms with van der Waals surface area (Å²) < 4.78 is 22.7. The van der Waals surface area contributed by atoms with E-state index in [0.717, 1.165) is 12.8 Å². The minimum Gasteiger partial charge on any atom is -0.347 e. The Morgan fingerprint density at radius 3 is 2.43 bits per heavy atom. The largest absolute Gasteiger partial charge is 0.347 e. The Morgan fingerprint density at radius 1 is 1.17 bits per heavy atom. The van der Waals surface area contributed by atoms with E-state index in [-0.39, 0.29) is 39.3 Å². The average Bonchev–Trinajstić information content (AvgIpc) is 3.01. The van der Waals surface area contributed by atoms with Crippen LogP contribution in [0.15, 0.2) is 41.4 Å². The van der Waals surface area contributed by atoms with Crippen molar-refractivity contribution in [3.05, 3.63) is 42.2 Å². The van der Waals surface area contributed by atoms with Gasteiger partial charge in [0.25, 0.3) is 5.91 Å². The summed E-state index contributed by atoms with van der Waals surface area (Å²) >= 11 is 0. The van der Waals surface area contributed by atoms with Gasteiger partial charge in [0.2, 0.25) is 16.0 Å². The van der Waals surface area contributed by atoms with Gasteiger partial charge in [-0.3, -0.25) is 4.79 Å². The lowest BCUT2D eigenvalue weighted by Gasteiger charge is -2.39. The SMILES string of the molecule is CC1(C)C2CCC1(C)C(NC(=O)c1ccnc(Nc3ccc(S(N)(=O)=O)cc3)n1)C2. The molecule has 1 amide bonds. The summed E-state index contributed by atoms with van der Waals surface area (Å²) in [5.41, 5.74) is 1.18. The van der Waals surface area contributed by atoms with E-state index in [1.165, 1.54) is 24.8 Å². The van der Waals surface area contributed by atoms with Crippen LogP contribution in [-0.2, 0) is 10.0 Å². The molecule has 8 nitrogen and oxygen atoms in total. The topological polar surface area (TPSA) is 127 Å². The highest BCUT2D eigenvalue weighted by Crippen LogP contribution is 2.65. The summed E-state index contributed by atoms with van der Waals surface area (Å²) in [6.45, 7) is 6.90. The third-order valence-corrected chi connectivity index (χ3v) is 8.36. The molecule has 1 aromatic heterocycles. The molecule has 4 rings (SSSR count). The lowest BCUT2D eigenvalue weighted by Crippen LogP contribution is -2.47. The van der Waals surface area contributed by atoms with Gasteiger partial charge in [0.05, 0.1) is 4.90 Å². The van der Waals surface area contributed by atoms with E-state index >= 15 is 0 Å². The zero-order valence-electron chi connectivity index (χ0n) is 17.3. The first kappa shape index (κ1) is 20.7. The molecule has 1 heterocycles. The van der Waals surface area contributed by atoms with Crippen LogP contribution in [0.2, 0.25) is 0 Å². The second kappa shape index (κ2) is 7.02. The van der Waals surface area contributed by atoms with Crippen molar-refractivity contribution >= 4 is 27.6 Å². The lowest BCUT2D eigenvalue weighted by atomic mass is 9.69. The highest BCUT2D eigenvalue weighted by Gasteiger charge is 2.61. The number of benzene rings is 1. The number of hydrogen-bond donors (Lipinski definition) is 3. The van der Waals surface area contributed by atoms with Crippen molar-refractivity contribution in [2.45, 2.75) is 51.0 Å². The molecule has 2 fully saturated rings. The van der Waals surface area contributed by atoms with Crippen LogP contribution in [0.5, 0.6) is 0 Å². The maximum Gasteiger partial charge on any atom is 0.270 e. The first-order chi connectivity index (χ1) is 14.0. The van der Waals surface area contributed by atoms with Gasteiger partial charge in [0.15, 0.2) is 0 Å². The molecular weight excluding hydrogens is 402 g/mol. The first-order valence-electron chi connectivity index (χ1n) is 10.0. The van der Waals surface area contributed by atoms with Crippen LogP contribution < -0.4 is 15.8 Å². The number of nitrogens with two attached hydrogens (primary N) is 1. The molecule has 9 heteroatoms. The first-order valence-corrected chi connectivity index (χ1v) is 11.6. The van der Waals surface area contributed by atoms with E-state index in [4.69, 9.17) is 5.14 Å². The molecule has 4 N–H and O–H groups in total. The molecule has 0 spiro atoms. The van der Waals surface area contributed by atoms with Gasteiger partial charge in [-0.15, -0.1) is 0 Å². The highest BCUT2D eigenvalue weighted by atomic mass is 32.2. The summed E-state index contributed by atoms with van der Waals surface area (Å²) in [6, 6.07) is 7.64. The molecule has 30 heavy (non-hydrogen) atoms. The van der Waals surface area contributed by atoms with Crippen molar-refractivity contribution in [2.75, 3.05) is 5.32 Å². The van der Waals surface area contributed by atoms with Crippen LogP contribution in [0.1, 0.15) is 50.5 Å². The third kappa shape index (κ3) is 3.45. The summed E-state index contributed by atoms with van der Waals surface area (Å²) in [4.78, 5) is 21.4. The van der Waals surface area contributed by atoms with Crippen molar-refractivity contribution < 1.29 is 13.2 Å². The van der Waals surface area contributed by atoms with Gasteiger partial charge < -0.3 is 10.6 Å². The quantitative estimate of drug-likeness (QED) is 0.671. The fourth-order valence-electron chi connectivity index (χ4n) is 5.06. The van der Waals surface area contributed by atoms with E-state index in [1.54, 1.807) is 18.2 Å². The fraction of sp³-hybridized carbons (Fsp3) is 0.476. The van der Waals surface area contributed by atoms with Crippen molar-refractivity contribution in [1.29, 1.82) is 0 Å². The number of primary sulfonamides is 1. The Kier molecular flexibility index (Phi) is 4.85. The van der Waals surface area contributed by atoms with E-state index in [1.807, 2.05) is 0 Å². The number of sulfonamides is 1. The van der Waals surface area contributed by atoms with Gasteiger partial charge in [-0.25, -0.2) is 23.5 Å². The highest BCUT2D eigenvalue weighted by molar-refractivity contribution is 7.89. The second-order valence-electron chi connectivity index (χ2n) is 9.10. The number of carbonyl (C=O) groups is 1. The molecule has 0 saturated heterocycles. The zero-order chi connectivity index (χ0) is 21.7. The van der Waals surface area contributed by atoms with Crippen molar-refractivity contribution in [1.82, 2.24) is 15.3 Å². The third-order valence-electron chi connectivity index (χ3n) is 7.43. The molecule has 3 atom stereocenters. The molecule has 1 aromatic carbocycles. The summed E-state index contributed by atoms with van der Waals surface area (Å²) in [5, 5.41) is 11.3.